The molecule has 0 unspecified atom stereocenters. The van der Waals surface area contributed by atoms with Gasteiger partial charge in [-0.1, -0.05) is 17.7 Å². The second-order valence-corrected chi connectivity index (χ2v) is 9.33. The minimum atomic E-state index is -4.50. The number of rotatable bonds is 6. The van der Waals surface area contributed by atoms with Crippen LogP contribution >= 0.6 is 0 Å². The fraction of sp³-hybridized carbons (Fsp3) is 0.429. The fourth-order valence-electron chi connectivity index (χ4n) is 3.56. The van der Waals surface area contributed by atoms with Crippen LogP contribution in [-0.4, -0.2) is 21.1 Å². The van der Waals surface area contributed by atoms with Crippen molar-refractivity contribution in [3.8, 4) is 0 Å². The monoisotopic (exact) mass is 442 g/mol. The Morgan fingerprint density at radius 1 is 1.07 bits per heavy atom. The first-order chi connectivity index (χ1) is 14.0. The average molecular weight is 443 g/mol. The van der Waals surface area contributed by atoms with Crippen molar-refractivity contribution in [1.29, 1.82) is 0 Å². The standard InChI is InChI=1S/C21H25F3N2O3S/c1-14-2-9-18(10-3-14)30(27,28)29-13-15-4-6-16(7-5-15)26-17-8-11-20(25)19(12-17)21(22,23)24/h2-3,8-12,15-16,26H,4-7,13,25H2,1H3. The molecule has 0 atom stereocenters. The number of benzene rings is 2. The molecule has 1 aliphatic carbocycles. The number of hydrogen-bond donors (Lipinski definition) is 2. The van der Waals surface area contributed by atoms with E-state index in [9.17, 15) is 21.6 Å². The van der Waals surface area contributed by atoms with Gasteiger partial charge in [0.25, 0.3) is 10.1 Å². The zero-order valence-corrected chi connectivity index (χ0v) is 17.4. The van der Waals surface area contributed by atoms with Crippen molar-refractivity contribution in [2.45, 2.75) is 49.7 Å². The molecule has 30 heavy (non-hydrogen) atoms. The van der Waals surface area contributed by atoms with Crippen LogP contribution in [-0.2, 0) is 20.5 Å². The number of halogens is 3. The predicted molar refractivity (Wildman–Crippen MR) is 110 cm³/mol. The summed E-state index contributed by atoms with van der Waals surface area (Å²) in [6.07, 6.45) is -1.63. The van der Waals surface area contributed by atoms with E-state index in [4.69, 9.17) is 9.92 Å². The van der Waals surface area contributed by atoms with E-state index in [0.29, 0.717) is 18.5 Å². The van der Waals surface area contributed by atoms with Gasteiger partial charge in [0.1, 0.15) is 0 Å². The van der Waals surface area contributed by atoms with E-state index in [2.05, 4.69) is 5.32 Å². The summed E-state index contributed by atoms with van der Waals surface area (Å²) >= 11 is 0. The zero-order valence-electron chi connectivity index (χ0n) is 16.6. The minimum absolute atomic E-state index is 0.0136. The third kappa shape index (κ3) is 5.66. The fourth-order valence-corrected chi connectivity index (χ4v) is 4.54. The molecule has 0 aromatic heterocycles. The molecule has 0 aliphatic heterocycles. The molecule has 0 spiro atoms. The molecule has 1 saturated carbocycles. The van der Waals surface area contributed by atoms with Crippen LogP contribution in [0.3, 0.4) is 0 Å². The first-order valence-electron chi connectivity index (χ1n) is 9.74. The highest BCUT2D eigenvalue weighted by Gasteiger charge is 2.33. The van der Waals surface area contributed by atoms with Gasteiger partial charge in [-0.3, -0.25) is 4.18 Å². The number of nitrogen functional groups attached to an aromatic ring is 1. The van der Waals surface area contributed by atoms with Gasteiger partial charge in [0.2, 0.25) is 0 Å². The molecule has 0 saturated heterocycles. The van der Waals surface area contributed by atoms with E-state index in [1.54, 1.807) is 12.1 Å². The zero-order chi connectivity index (χ0) is 21.9. The molecule has 0 amide bonds. The van der Waals surface area contributed by atoms with Crippen LogP contribution in [0.15, 0.2) is 47.4 Å². The molecule has 164 valence electrons. The third-order valence-electron chi connectivity index (χ3n) is 5.34. The van der Waals surface area contributed by atoms with Crippen molar-refractivity contribution in [3.05, 3.63) is 53.6 Å². The second-order valence-electron chi connectivity index (χ2n) is 7.71. The molecule has 3 rings (SSSR count). The number of aryl methyl sites for hydroxylation is 1. The van der Waals surface area contributed by atoms with Gasteiger partial charge in [-0.2, -0.15) is 21.6 Å². The normalized spacial score (nSPS) is 20.1. The Hall–Kier alpha value is -2.26. The van der Waals surface area contributed by atoms with Crippen molar-refractivity contribution >= 4 is 21.5 Å². The van der Waals surface area contributed by atoms with Crippen LogP contribution in [0.25, 0.3) is 0 Å². The van der Waals surface area contributed by atoms with Gasteiger partial charge in [-0.15, -0.1) is 0 Å². The van der Waals surface area contributed by atoms with Crippen LogP contribution in [0.4, 0.5) is 24.5 Å². The molecular weight excluding hydrogens is 417 g/mol. The van der Waals surface area contributed by atoms with Crippen molar-refractivity contribution in [2.24, 2.45) is 5.92 Å². The summed E-state index contributed by atoms with van der Waals surface area (Å²) < 4.78 is 68.9. The highest BCUT2D eigenvalue weighted by molar-refractivity contribution is 7.86. The summed E-state index contributed by atoms with van der Waals surface area (Å²) in [4.78, 5) is 0.132. The Morgan fingerprint density at radius 3 is 2.30 bits per heavy atom. The van der Waals surface area contributed by atoms with E-state index in [1.165, 1.54) is 24.3 Å². The predicted octanol–water partition coefficient (Wildman–Crippen LogP) is 4.97. The Labute approximate surface area is 174 Å². The lowest BCUT2D eigenvalue weighted by Crippen LogP contribution is -2.28. The van der Waals surface area contributed by atoms with Crippen molar-refractivity contribution in [2.75, 3.05) is 17.7 Å². The van der Waals surface area contributed by atoms with Gasteiger partial charge in [0.05, 0.1) is 17.1 Å². The number of hydrogen-bond acceptors (Lipinski definition) is 5. The van der Waals surface area contributed by atoms with E-state index >= 15 is 0 Å². The molecule has 2 aromatic carbocycles. The molecule has 2 aromatic rings. The average Bonchev–Trinajstić information content (AvgIpc) is 2.68. The summed E-state index contributed by atoms with van der Waals surface area (Å²) in [6, 6.07) is 10.3. The second kappa shape index (κ2) is 8.85. The van der Waals surface area contributed by atoms with Crippen LogP contribution in [0.2, 0.25) is 0 Å². The van der Waals surface area contributed by atoms with Crippen molar-refractivity contribution in [1.82, 2.24) is 0 Å². The van der Waals surface area contributed by atoms with Gasteiger partial charge in [-0.05, 0) is 68.9 Å². The number of nitrogens with one attached hydrogen (secondary N) is 1. The van der Waals surface area contributed by atoms with Crippen LogP contribution in [0.1, 0.15) is 36.8 Å². The molecule has 5 nitrogen and oxygen atoms in total. The maximum Gasteiger partial charge on any atom is 0.418 e. The molecule has 0 bridgehead atoms. The van der Waals surface area contributed by atoms with E-state index in [0.717, 1.165) is 24.5 Å². The molecule has 0 radical (unpaired) electrons. The van der Waals surface area contributed by atoms with Crippen molar-refractivity contribution in [3.63, 3.8) is 0 Å². The van der Waals surface area contributed by atoms with Crippen LogP contribution < -0.4 is 11.1 Å². The highest BCUT2D eigenvalue weighted by Crippen LogP contribution is 2.36. The van der Waals surface area contributed by atoms with Crippen LogP contribution in [0, 0.1) is 12.8 Å². The first kappa shape index (κ1) is 22.4. The molecule has 9 heteroatoms. The first-order valence-corrected chi connectivity index (χ1v) is 11.1. The van der Waals surface area contributed by atoms with Crippen molar-refractivity contribution < 1.29 is 25.8 Å². The Balaban J connectivity index is 1.51. The van der Waals surface area contributed by atoms with E-state index < -0.39 is 21.9 Å². The van der Waals surface area contributed by atoms with Gasteiger partial charge in [-0.25, -0.2) is 0 Å². The van der Waals surface area contributed by atoms with Gasteiger partial charge in [0, 0.05) is 17.4 Å². The lowest BCUT2D eigenvalue weighted by atomic mass is 9.86. The summed E-state index contributed by atoms with van der Waals surface area (Å²) in [5.74, 6) is 0.0837. The van der Waals surface area contributed by atoms with Gasteiger partial charge in [0.15, 0.2) is 0 Å². The minimum Gasteiger partial charge on any atom is -0.398 e. The quantitative estimate of drug-likeness (QED) is 0.488. The van der Waals surface area contributed by atoms with E-state index in [-0.39, 0.29) is 29.1 Å². The number of anilines is 2. The Morgan fingerprint density at radius 2 is 1.70 bits per heavy atom. The van der Waals surface area contributed by atoms with Gasteiger partial charge < -0.3 is 11.1 Å². The maximum atomic E-state index is 13.0. The van der Waals surface area contributed by atoms with Gasteiger partial charge >= 0.3 is 6.18 Å². The lowest BCUT2D eigenvalue weighted by molar-refractivity contribution is -0.136. The molecule has 0 heterocycles. The Bertz CT molecular complexity index is 968. The smallest absolute Gasteiger partial charge is 0.398 e. The SMILES string of the molecule is Cc1ccc(S(=O)(=O)OCC2CCC(Nc3ccc(N)c(C(F)(F)F)c3)CC2)cc1. The number of nitrogens with two attached hydrogens (primary N) is 1. The molecular formula is C21H25F3N2O3S. The van der Waals surface area contributed by atoms with E-state index in [1.807, 2.05) is 6.92 Å². The molecule has 1 aliphatic rings. The maximum absolute atomic E-state index is 13.0. The molecule has 3 N–H and O–H groups in total. The topological polar surface area (TPSA) is 81.4 Å². The summed E-state index contributed by atoms with van der Waals surface area (Å²) in [5, 5.41) is 3.13. The highest BCUT2D eigenvalue weighted by atomic mass is 32.2. The summed E-state index contributed by atoms with van der Waals surface area (Å²) in [6.45, 7) is 1.97. The van der Waals surface area contributed by atoms with Crippen LogP contribution in [0.5, 0.6) is 0 Å². The summed E-state index contributed by atoms with van der Waals surface area (Å²) in [5.41, 5.74) is 5.62. The Kier molecular flexibility index (Phi) is 6.62. The largest absolute Gasteiger partial charge is 0.418 e. The number of alkyl halides is 3. The lowest BCUT2D eigenvalue weighted by Gasteiger charge is -2.29. The summed E-state index contributed by atoms with van der Waals surface area (Å²) in [7, 11) is -3.80. The molecule has 1 fully saturated rings. The third-order valence-corrected chi connectivity index (χ3v) is 6.64.